The lowest BCUT2D eigenvalue weighted by Crippen LogP contribution is -2.02. The Morgan fingerprint density at radius 2 is 2.23 bits per heavy atom. The molecule has 2 nitrogen and oxygen atoms in total. The minimum atomic E-state index is -0.756. The zero-order chi connectivity index (χ0) is 9.84. The summed E-state index contributed by atoms with van der Waals surface area (Å²) >= 11 is 5.60. The van der Waals surface area contributed by atoms with E-state index in [0.717, 1.165) is 0 Å². The molecule has 0 aliphatic rings. The monoisotopic (exact) mass is 202 g/mol. The summed E-state index contributed by atoms with van der Waals surface area (Å²) in [5, 5.41) is 0.249. The summed E-state index contributed by atoms with van der Waals surface area (Å²) in [6.07, 6.45) is -0.168. The van der Waals surface area contributed by atoms with Crippen molar-refractivity contribution in [2.45, 2.75) is 6.10 Å². The average molecular weight is 203 g/mol. The van der Waals surface area contributed by atoms with Crippen LogP contribution in [0.5, 0.6) is 0 Å². The highest BCUT2D eigenvalue weighted by molar-refractivity contribution is 6.30. The van der Waals surface area contributed by atoms with E-state index in [1.165, 1.54) is 25.3 Å². The molecule has 0 aromatic heterocycles. The fraction of sp³-hybridized carbons (Fsp3) is 0.222. The molecular formula is C9H8ClFO2. The van der Waals surface area contributed by atoms with Gasteiger partial charge in [-0.25, -0.2) is 4.39 Å². The van der Waals surface area contributed by atoms with E-state index in [4.69, 9.17) is 16.3 Å². The number of carbonyl (C=O) groups excluding carboxylic acids is 1. The van der Waals surface area contributed by atoms with E-state index in [9.17, 15) is 9.18 Å². The third-order valence-corrected chi connectivity index (χ3v) is 1.81. The molecule has 1 rings (SSSR count). The van der Waals surface area contributed by atoms with Gasteiger partial charge in [-0.15, -0.1) is 0 Å². The van der Waals surface area contributed by atoms with Gasteiger partial charge in [0.2, 0.25) is 0 Å². The summed E-state index contributed by atoms with van der Waals surface area (Å²) in [7, 11) is 1.37. The van der Waals surface area contributed by atoms with Crippen molar-refractivity contribution in [2.75, 3.05) is 7.11 Å². The number of methoxy groups -OCH3 is 1. The first-order chi connectivity index (χ1) is 6.17. The fourth-order valence-corrected chi connectivity index (χ4v) is 1.24. The molecule has 0 radical (unpaired) electrons. The van der Waals surface area contributed by atoms with E-state index in [0.29, 0.717) is 11.8 Å². The smallest absolute Gasteiger partial charge is 0.153 e. The summed E-state index contributed by atoms with van der Waals surface area (Å²) in [6.45, 7) is 0. The van der Waals surface area contributed by atoms with Gasteiger partial charge in [0.1, 0.15) is 11.9 Å². The van der Waals surface area contributed by atoms with Crippen LogP contribution in [-0.2, 0) is 9.53 Å². The summed E-state index contributed by atoms with van der Waals surface area (Å²) < 4.78 is 17.6. The van der Waals surface area contributed by atoms with Gasteiger partial charge in [0.15, 0.2) is 6.29 Å². The number of carbonyl (C=O) groups is 1. The summed E-state index contributed by atoms with van der Waals surface area (Å²) in [5.41, 5.74) is 0.419. The largest absolute Gasteiger partial charge is 0.369 e. The van der Waals surface area contributed by atoms with Crippen molar-refractivity contribution in [3.8, 4) is 0 Å². The maximum atomic E-state index is 12.8. The quantitative estimate of drug-likeness (QED) is 0.704. The molecule has 1 unspecified atom stereocenters. The Bertz CT molecular complexity index is 294. The highest BCUT2D eigenvalue weighted by Gasteiger charge is 2.10. The van der Waals surface area contributed by atoms with E-state index in [-0.39, 0.29) is 5.02 Å². The van der Waals surface area contributed by atoms with Crippen molar-refractivity contribution < 1.29 is 13.9 Å². The molecule has 0 heterocycles. The topological polar surface area (TPSA) is 26.3 Å². The molecule has 0 aliphatic heterocycles. The minimum Gasteiger partial charge on any atom is -0.369 e. The Morgan fingerprint density at radius 1 is 1.54 bits per heavy atom. The average Bonchev–Trinajstić information content (AvgIpc) is 2.04. The van der Waals surface area contributed by atoms with Gasteiger partial charge in [-0.05, 0) is 23.8 Å². The molecule has 0 fully saturated rings. The predicted octanol–water partition coefficient (Wildman–Crippen LogP) is 2.37. The van der Waals surface area contributed by atoms with E-state index in [1.807, 2.05) is 0 Å². The number of hydrogen-bond donors (Lipinski definition) is 0. The summed E-state index contributed by atoms with van der Waals surface area (Å²) in [4.78, 5) is 10.5. The third kappa shape index (κ3) is 2.50. The highest BCUT2D eigenvalue weighted by Crippen LogP contribution is 2.20. The van der Waals surface area contributed by atoms with E-state index < -0.39 is 11.9 Å². The molecule has 0 bridgehead atoms. The van der Waals surface area contributed by atoms with Crippen LogP contribution in [0.2, 0.25) is 5.02 Å². The number of aldehydes is 1. The first-order valence-electron chi connectivity index (χ1n) is 3.61. The Labute approximate surface area is 80.3 Å². The molecule has 1 aromatic carbocycles. The van der Waals surface area contributed by atoms with Crippen LogP contribution in [0.1, 0.15) is 11.7 Å². The number of hydrogen-bond acceptors (Lipinski definition) is 2. The first-order valence-corrected chi connectivity index (χ1v) is 3.99. The lowest BCUT2D eigenvalue weighted by atomic mass is 10.1. The van der Waals surface area contributed by atoms with Crippen molar-refractivity contribution in [1.29, 1.82) is 0 Å². The molecular weight excluding hydrogens is 195 g/mol. The molecule has 0 saturated heterocycles. The van der Waals surface area contributed by atoms with Crippen LogP contribution in [0, 0.1) is 5.82 Å². The summed E-state index contributed by atoms with van der Waals surface area (Å²) in [5.74, 6) is -0.480. The van der Waals surface area contributed by atoms with Gasteiger partial charge in [0.05, 0.1) is 0 Å². The standard InChI is InChI=1S/C9H8ClFO2/c1-13-9(5-12)6-2-7(10)4-8(11)3-6/h2-5,9H,1H3. The van der Waals surface area contributed by atoms with Crippen molar-refractivity contribution in [3.05, 3.63) is 34.6 Å². The molecule has 1 aromatic rings. The lowest BCUT2D eigenvalue weighted by Gasteiger charge is -2.08. The Kier molecular flexibility index (Phi) is 3.39. The van der Waals surface area contributed by atoms with Crippen LogP contribution in [0.4, 0.5) is 4.39 Å². The Morgan fingerprint density at radius 3 is 2.69 bits per heavy atom. The zero-order valence-corrected chi connectivity index (χ0v) is 7.72. The molecule has 1 atom stereocenters. The van der Waals surface area contributed by atoms with Crippen molar-refractivity contribution in [2.24, 2.45) is 0 Å². The fourth-order valence-electron chi connectivity index (χ4n) is 1.01. The van der Waals surface area contributed by atoms with Gasteiger partial charge >= 0.3 is 0 Å². The van der Waals surface area contributed by atoms with Crippen LogP contribution >= 0.6 is 11.6 Å². The molecule has 0 amide bonds. The van der Waals surface area contributed by atoms with E-state index in [2.05, 4.69) is 0 Å². The molecule has 0 saturated carbocycles. The van der Waals surface area contributed by atoms with Crippen molar-refractivity contribution in [1.82, 2.24) is 0 Å². The van der Waals surface area contributed by atoms with Crippen LogP contribution < -0.4 is 0 Å². The second kappa shape index (κ2) is 4.35. The zero-order valence-electron chi connectivity index (χ0n) is 6.96. The number of halogens is 2. The van der Waals surface area contributed by atoms with E-state index >= 15 is 0 Å². The number of benzene rings is 1. The van der Waals surface area contributed by atoms with Gasteiger partial charge in [-0.2, -0.15) is 0 Å². The SMILES string of the molecule is COC(C=O)c1cc(F)cc(Cl)c1. The third-order valence-electron chi connectivity index (χ3n) is 1.59. The summed E-state index contributed by atoms with van der Waals surface area (Å²) in [6, 6.07) is 3.88. The van der Waals surface area contributed by atoms with Crippen LogP contribution in [0.3, 0.4) is 0 Å². The molecule has 0 spiro atoms. The van der Waals surface area contributed by atoms with Crippen molar-refractivity contribution >= 4 is 17.9 Å². The van der Waals surface area contributed by atoms with Crippen LogP contribution in [-0.4, -0.2) is 13.4 Å². The van der Waals surface area contributed by atoms with Gasteiger partial charge in [-0.1, -0.05) is 11.6 Å². The lowest BCUT2D eigenvalue weighted by molar-refractivity contribution is -0.116. The van der Waals surface area contributed by atoms with Crippen LogP contribution in [0.15, 0.2) is 18.2 Å². The second-order valence-corrected chi connectivity index (χ2v) is 2.93. The molecule has 4 heteroatoms. The maximum Gasteiger partial charge on any atom is 0.153 e. The molecule has 0 aliphatic carbocycles. The maximum absolute atomic E-state index is 12.8. The minimum absolute atomic E-state index is 0.249. The van der Waals surface area contributed by atoms with Gasteiger partial charge in [0, 0.05) is 12.1 Å². The Balaban J connectivity index is 3.05. The number of ether oxygens (including phenoxy) is 1. The normalized spacial score (nSPS) is 12.5. The highest BCUT2D eigenvalue weighted by atomic mass is 35.5. The Hall–Kier alpha value is -0.930. The molecule has 0 N–H and O–H groups in total. The molecule has 13 heavy (non-hydrogen) atoms. The van der Waals surface area contributed by atoms with Crippen LogP contribution in [0.25, 0.3) is 0 Å². The van der Waals surface area contributed by atoms with Gasteiger partial charge < -0.3 is 9.53 Å². The van der Waals surface area contributed by atoms with Gasteiger partial charge in [0.25, 0.3) is 0 Å². The first kappa shape index (κ1) is 10.2. The van der Waals surface area contributed by atoms with E-state index in [1.54, 1.807) is 0 Å². The second-order valence-electron chi connectivity index (χ2n) is 2.50. The molecule has 70 valence electrons. The predicted molar refractivity (Wildman–Crippen MR) is 47.2 cm³/mol. The number of rotatable bonds is 3. The van der Waals surface area contributed by atoms with Gasteiger partial charge in [-0.3, -0.25) is 0 Å². The van der Waals surface area contributed by atoms with Crippen molar-refractivity contribution in [3.63, 3.8) is 0 Å².